The highest BCUT2D eigenvalue weighted by atomic mass is 19.3. The number of nitrogens with one attached hydrogen (secondary N) is 2. The Morgan fingerprint density at radius 3 is 2.74 bits per heavy atom. The van der Waals surface area contributed by atoms with Crippen LogP contribution in [0.15, 0.2) is 24.5 Å². The summed E-state index contributed by atoms with van der Waals surface area (Å²) in [5.74, 6) is -0.0785. The van der Waals surface area contributed by atoms with E-state index in [1.165, 1.54) is 36.5 Å². The van der Waals surface area contributed by atoms with Crippen LogP contribution in [0.2, 0.25) is 0 Å². The lowest BCUT2D eigenvalue weighted by molar-refractivity contribution is -0.134. The molecule has 0 spiro atoms. The Morgan fingerprint density at radius 1 is 1.24 bits per heavy atom. The molecule has 2 amide bonds. The third kappa shape index (κ3) is 5.17. The van der Waals surface area contributed by atoms with Crippen LogP contribution in [0.25, 0.3) is 22.3 Å². The van der Waals surface area contributed by atoms with Gasteiger partial charge in [0.25, 0.3) is 12.3 Å². The summed E-state index contributed by atoms with van der Waals surface area (Å²) in [6.45, 7) is 1.84. The number of amides is 2. The number of H-pyrrole nitrogens is 1. The maximum atomic E-state index is 14.7. The van der Waals surface area contributed by atoms with Gasteiger partial charge in [-0.2, -0.15) is 0 Å². The second kappa shape index (κ2) is 10.6. The Hall–Kier alpha value is -3.67. The third-order valence-electron chi connectivity index (χ3n) is 6.87. The number of methoxy groups -OCH3 is 1. The largest absolute Gasteiger partial charge is 0.493 e. The van der Waals surface area contributed by atoms with Crippen LogP contribution in [0.1, 0.15) is 40.9 Å². The van der Waals surface area contributed by atoms with Crippen molar-refractivity contribution in [1.82, 2.24) is 25.2 Å². The lowest BCUT2D eigenvalue weighted by Gasteiger charge is -2.16. The number of carbonyl (C=O) groups excluding carboxylic acids is 2. The molecule has 0 unspecified atom stereocenters. The number of aromatic amines is 1. The average molecular weight is 532 g/mol. The third-order valence-corrected chi connectivity index (χ3v) is 6.87. The molecule has 1 saturated carbocycles. The molecule has 1 aromatic carbocycles. The minimum Gasteiger partial charge on any atom is -0.493 e. The number of carbonyl (C=O) groups is 2. The Morgan fingerprint density at radius 2 is 2.03 bits per heavy atom. The van der Waals surface area contributed by atoms with Crippen molar-refractivity contribution >= 4 is 22.8 Å². The van der Waals surface area contributed by atoms with Gasteiger partial charge in [0.05, 0.1) is 30.3 Å². The van der Waals surface area contributed by atoms with Gasteiger partial charge in [-0.05, 0) is 43.9 Å². The summed E-state index contributed by atoms with van der Waals surface area (Å²) in [7, 11) is 1.38. The predicted molar refractivity (Wildman–Crippen MR) is 132 cm³/mol. The van der Waals surface area contributed by atoms with Crippen molar-refractivity contribution in [3.05, 3.63) is 41.3 Å². The first-order chi connectivity index (χ1) is 18.3. The molecule has 2 aromatic heterocycles. The molecular formula is C26H28F3N5O4. The first-order valence-electron chi connectivity index (χ1n) is 12.4. The first-order valence-corrected chi connectivity index (χ1v) is 12.4. The molecule has 0 bridgehead atoms. The molecule has 2 atom stereocenters. The molecule has 5 rings (SSSR count). The molecule has 12 heteroatoms. The summed E-state index contributed by atoms with van der Waals surface area (Å²) in [5.41, 5.74) is 1.75. The molecule has 3 heterocycles. The maximum absolute atomic E-state index is 14.7. The Balaban J connectivity index is 1.46. The van der Waals surface area contributed by atoms with E-state index in [2.05, 4.69) is 20.3 Å². The Kier molecular flexibility index (Phi) is 7.24. The summed E-state index contributed by atoms with van der Waals surface area (Å²) in [6.07, 6.45) is -0.755. The van der Waals surface area contributed by atoms with E-state index in [-0.39, 0.29) is 42.2 Å². The van der Waals surface area contributed by atoms with Gasteiger partial charge in [-0.15, -0.1) is 0 Å². The van der Waals surface area contributed by atoms with Crippen LogP contribution >= 0.6 is 0 Å². The monoisotopic (exact) mass is 531 g/mol. The van der Waals surface area contributed by atoms with E-state index >= 15 is 0 Å². The standard InChI is InChI=1S/C26H28F3N5O4/c1-13-21(26(36)33-18-9-34(8-17(18)27)20(35)11-37-2)23-24(32-13)22(30-12-31-23)16-7-15(25(28)29)5-6-19(16)38-10-14-3-4-14/h5-7,12,14,17-18,25,32H,3-4,8-11H2,1-2H3,(H,33,36)/t17-,18-/m1/s1. The number of hydrogen-bond donors (Lipinski definition) is 2. The number of halogens is 3. The van der Waals surface area contributed by atoms with Gasteiger partial charge in [0.2, 0.25) is 5.91 Å². The molecule has 9 nitrogen and oxygen atoms in total. The summed E-state index contributed by atoms with van der Waals surface area (Å²) < 4.78 is 52.6. The maximum Gasteiger partial charge on any atom is 0.263 e. The lowest BCUT2D eigenvalue weighted by Crippen LogP contribution is -2.42. The van der Waals surface area contributed by atoms with Crippen LogP contribution in [-0.2, 0) is 9.53 Å². The Bertz CT molecular complexity index is 1360. The van der Waals surface area contributed by atoms with E-state index < -0.39 is 24.5 Å². The zero-order chi connectivity index (χ0) is 27.0. The number of fused-ring (bicyclic) bond motifs is 1. The number of ether oxygens (including phenoxy) is 2. The summed E-state index contributed by atoms with van der Waals surface area (Å²) in [6, 6.07) is 3.26. The van der Waals surface area contributed by atoms with E-state index in [9.17, 15) is 22.8 Å². The molecule has 3 aromatic rings. The zero-order valence-electron chi connectivity index (χ0n) is 21.0. The minimum atomic E-state index is -2.69. The van der Waals surface area contributed by atoms with Crippen molar-refractivity contribution < 1.29 is 32.2 Å². The van der Waals surface area contributed by atoms with E-state index in [0.29, 0.717) is 40.7 Å². The molecule has 1 aliphatic carbocycles. The molecule has 0 radical (unpaired) electrons. The van der Waals surface area contributed by atoms with Crippen LogP contribution in [0.4, 0.5) is 13.2 Å². The topological polar surface area (TPSA) is 109 Å². The second-order valence-corrected chi connectivity index (χ2v) is 9.71. The summed E-state index contributed by atoms with van der Waals surface area (Å²) in [4.78, 5) is 38.4. The molecule has 2 fully saturated rings. The highest BCUT2D eigenvalue weighted by molar-refractivity contribution is 6.09. The average Bonchev–Trinajstić information content (AvgIpc) is 3.56. The van der Waals surface area contributed by atoms with Gasteiger partial charge >= 0.3 is 0 Å². The molecule has 202 valence electrons. The molecule has 2 N–H and O–H groups in total. The molecular weight excluding hydrogens is 503 g/mol. The number of nitrogens with zero attached hydrogens (tertiary/aromatic N) is 3. The van der Waals surface area contributed by atoms with Crippen LogP contribution in [0, 0.1) is 12.8 Å². The second-order valence-electron chi connectivity index (χ2n) is 9.71. The molecule has 1 saturated heterocycles. The van der Waals surface area contributed by atoms with Gasteiger partial charge in [0.15, 0.2) is 0 Å². The molecule has 38 heavy (non-hydrogen) atoms. The van der Waals surface area contributed by atoms with Crippen molar-refractivity contribution in [1.29, 1.82) is 0 Å². The van der Waals surface area contributed by atoms with E-state index in [0.717, 1.165) is 12.8 Å². The van der Waals surface area contributed by atoms with Gasteiger partial charge in [0.1, 0.15) is 36.1 Å². The number of aromatic nitrogens is 3. The fourth-order valence-electron chi connectivity index (χ4n) is 4.65. The number of likely N-dealkylation sites (tertiary alicyclic amines) is 1. The van der Waals surface area contributed by atoms with Crippen LogP contribution < -0.4 is 10.1 Å². The minimum absolute atomic E-state index is 0.0127. The first kappa shape index (κ1) is 26.0. The van der Waals surface area contributed by atoms with Gasteiger partial charge in [-0.3, -0.25) is 9.59 Å². The zero-order valence-corrected chi connectivity index (χ0v) is 21.0. The number of rotatable bonds is 9. The van der Waals surface area contributed by atoms with Gasteiger partial charge in [-0.25, -0.2) is 23.1 Å². The normalized spacial score (nSPS) is 19.4. The fourth-order valence-corrected chi connectivity index (χ4v) is 4.65. The smallest absolute Gasteiger partial charge is 0.263 e. The van der Waals surface area contributed by atoms with Gasteiger partial charge in [0, 0.05) is 30.5 Å². The molecule has 1 aliphatic heterocycles. The summed E-state index contributed by atoms with van der Waals surface area (Å²) >= 11 is 0. The highest BCUT2D eigenvalue weighted by Gasteiger charge is 2.37. The quantitative estimate of drug-likeness (QED) is 0.437. The van der Waals surface area contributed by atoms with Crippen LogP contribution in [0.3, 0.4) is 0 Å². The van der Waals surface area contributed by atoms with Gasteiger partial charge < -0.3 is 24.7 Å². The summed E-state index contributed by atoms with van der Waals surface area (Å²) in [5, 5.41) is 2.67. The predicted octanol–water partition coefficient (Wildman–Crippen LogP) is 3.58. The number of hydrogen-bond acceptors (Lipinski definition) is 6. The van der Waals surface area contributed by atoms with Gasteiger partial charge in [-0.1, -0.05) is 0 Å². The van der Waals surface area contributed by atoms with E-state index in [1.54, 1.807) is 6.92 Å². The molecule has 2 aliphatic rings. The fraction of sp³-hybridized carbons (Fsp3) is 0.462. The van der Waals surface area contributed by atoms with Crippen molar-refractivity contribution in [2.75, 3.05) is 33.4 Å². The van der Waals surface area contributed by atoms with Crippen molar-refractivity contribution in [3.8, 4) is 17.0 Å². The van der Waals surface area contributed by atoms with Crippen LogP contribution in [-0.4, -0.2) is 77.3 Å². The van der Waals surface area contributed by atoms with Crippen molar-refractivity contribution in [3.63, 3.8) is 0 Å². The van der Waals surface area contributed by atoms with E-state index in [4.69, 9.17) is 9.47 Å². The Labute approximate surface area is 216 Å². The highest BCUT2D eigenvalue weighted by Crippen LogP contribution is 2.38. The number of aryl methyl sites for hydroxylation is 1. The number of alkyl halides is 3. The van der Waals surface area contributed by atoms with Crippen molar-refractivity contribution in [2.24, 2.45) is 5.92 Å². The van der Waals surface area contributed by atoms with Crippen molar-refractivity contribution in [2.45, 2.75) is 38.4 Å². The number of benzene rings is 1. The lowest BCUT2D eigenvalue weighted by atomic mass is 10.0. The SMILES string of the molecule is COCC(=O)N1C[C@@H](F)[C@H](NC(=O)c2c(C)[nH]c3c(-c4cc(C(F)F)ccc4OCC4CC4)ncnc23)C1. The van der Waals surface area contributed by atoms with Crippen LogP contribution in [0.5, 0.6) is 5.75 Å². The van der Waals surface area contributed by atoms with E-state index in [1.807, 2.05) is 0 Å².